The minimum atomic E-state index is -0.492. The molecule has 1 aliphatic rings. The number of nitrogens with one attached hydrogen (secondary N) is 2. The standard InChI is InChI=1S/C19H21N3O3/c1-25-17-12-6-5-10-15(17)21-18(23)16-11-7-13-22(16)19(24)20-14-8-3-2-4-9-14/h2-6,8-10,12,16H,7,11,13H2,1H3,(H,20,24)(H,21,23)/t16-/m1/s1. The molecule has 1 atom stereocenters. The van der Waals surface area contributed by atoms with E-state index in [1.807, 2.05) is 42.5 Å². The average molecular weight is 339 g/mol. The molecule has 0 aliphatic carbocycles. The van der Waals surface area contributed by atoms with Crippen LogP contribution in [0.25, 0.3) is 0 Å². The lowest BCUT2D eigenvalue weighted by Gasteiger charge is -2.24. The first-order valence-electron chi connectivity index (χ1n) is 8.25. The van der Waals surface area contributed by atoms with E-state index in [0.29, 0.717) is 30.1 Å². The van der Waals surface area contributed by atoms with Crippen molar-refractivity contribution in [3.8, 4) is 5.75 Å². The van der Waals surface area contributed by atoms with Gasteiger partial charge in [-0.1, -0.05) is 30.3 Å². The summed E-state index contributed by atoms with van der Waals surface area (Å²) in [6, 6.07) is 15.7. The summed E-state index contributed by atoms with van der Waals surface area (Å²) < 4.78 is 5.25. The van der Waals surface area contributed by atoms with Crippen molar-refractivity contribution in [2.45, 2.75) is 18.9 Å². The highest BCUT2D eigenvalue weighted by molar-refractivity contribution is 6.00. The zero-order valence-electron chi connectivity index (χ0n) is 14.1. The van der Waals surface area contributed by atoms with Crippen molar-refractivity contribution < 1.29 is 14.3 Å². The predicted octanol–water partition coefficient (Wildman–Crippen LogP) is 3.33. The number of carbonyl (C=O) groups excluding carboxylic acids is 2. The fraction of sp³-hybridized carbons (Fsp3) is 0.263. The first kappa shape index (κ1) is 16.8. The van der Waals surface area contributed by atoms with Crippen LogP contribution < -0.4 is 15.4 Å². The molecular formula is C19H21N3O3. The molecule has 1 aliphatic heterocycles. The third-order valence-corrected chi connectivity index (χ3v) is 4.21. The summed E-state index contributed by atoms with van der Waals surface area (Å²) in [5.74, 6) is 0.388. The van der Waals surface area contributed by atoms with Gasteiger partial charge in [-0.3, -0.25) is 4.79 Å². The maximum atomic E-state index is 12.7. The van der Waals surface area contributed by atoms with E-state index in [0.717, 1.165) is 6.42 Å². The highest BCUT2D eigenvalue weighted by Crippen LogP contribution is 2.25. The van der Waals surface area contributed by atoms with E-state index >= 15 is 0 Å². The van der Waals surface area contributed by atoms with E-state index < -0.39 is 6.04 Å². The van der Waals surface area contributed by atoms with E-state index in [1.165, 1.54) is 0 Å². The number of amides is 3. The molecule has 0 spiro atoms. The molecule has 1 heterocycles. The molecule has 3 rings (SSSR count). The second kappa shape index (κ2) is 7.70. The van der Waals surface area contributed by atoms with Gasteiger partial charge in [0.2, 0.25) is 5.91 Å². The summed E-state index contributed by atoms with van der Waals surface area (Å²) >= 11 is 0. The van der Waals surface area contributed by atoms with Crippen LogP contribution in [0.3, 0.4) is 0 Å². The van der Waals surface area contributed by atoms with E-state index in [4.69, 9.17) is 4.74 Å². The highest BCUT2D eigenvalue weighted by Gasteiger charge is 2.34. The minimum Gasteiger partial charge on any atom is -0.495 e. The van der Waals surface area contributed by atoms with Crippen LogP contribution in [0.5, 0.6) is 5.75 Å². The number of para-hydroxylation sites is 3. The van der Waals surface area contributed by atoms with Gasteiger partial charge in [0, 0.05) is 12.2 Å². The molecule has 0 radical (unpaired) electrons. The maximum absolute atomic E-state index is 12.7. The Balaban J connectivity index is 1.68. The topological polar surface area (TPSA) is 70.7 Å². The Kier molecular flexibility index (Phi) is 5.18. The number of anilines is 2. The fourth-order valence-corrected chi connectivity index (χ4v) is 2.96. The quantitative estimate of drug-likeness (QED) is 0.897. The summed E-state index contributed by atoms with van der Waals surface area (Å²) in [5.41, 5.74) is 1.31. The predicted molar refractivity (Wildman–Crippen MR) is 96.8 cm³/mol. The van der Waals surface area contributed by atoms with Crippen LogP contribution >= 0.6 is 0 Å². The number of hydrogen-bond donors (Lipinski definition) is 2. The van der Waals surface area contributed by atoms with Crippen LogP contribution in [0, 0.1) is 0 Å². The molecule has 0 aromatic heterocycles. The van der Waals surface area contributed by atoms with Gasteiger partial charge in [0.1, 0.15) is 11.8 Å². The SMILES string of the molecule is COc1ccccc1NC(=O)[C@H]1CCCN1C(=O)Nc1ccccc1. The number of methoxy groups -OCH3 is 1. The molecule has 1 saturated heterocycles. The van der Waals surface area contributed by atoms with E-state index in [1.54, 1.807) is 24.1 Å². The second-order valence-corrected chi connectivity index (χ2v) is 5.84. The third-order valence-electron chi connectivity index (χ3n) is 4.21. The van der Waals surface area contributed by atoms with Gasteiger partial charge in [-0.2, -0.15) is 0 Å². The number of rotatable bonds is 4. The summed E-state index contributed by atoms with van der Waals surface area (Å²) in [7, 11) is 1.56. The monoisotopic (exact) mass is 339 g/mol. The first-order valence-corrected chi connectivity index (χ1v) is 8.25. The van der Waals surface area contributed by atoms with Gasteiger partial charge in [0.25, 0.3) is 0 Å². The van der Waals surface area contributed by atoms with Gasteiger partial charge in [-0.05, 0) is 37.1 Å². The van der Waals surface area contributed by atoms with Crippen molar-refractivity contribution in [2.24, 2.45) is 0 Å². The smallest absolute Gasteiger partial charge is 0.322 e. The Morgan fingerprint density at radius 1 is 1.04 bits per heavy atom. The van der Waals surface area contributed by atoms with Gasteiger partial charge in [-0.25, -0.2) is 4.79 Å². The number of nitrogens with zero attached hydrogens (tertiary/aromatic N) is 1. The summed E-state index contributed by atoms with van der Waals surface area (Å²) in [6.07, 6.45) is 1.44. The van der Waals surface area contributed by atoms with Crippen LogP contribution in [0.2, 0.25) is 0 Å². The van der Waals surface area contributed by atoms with Crippen molar-refractivity contribution in [3.05, 3.63) is 54.6 Å². The van der Waals surface area contributed by atoms with Crippen LogP contribution in [0.4, 0.5) is 16.2 Å². The number of benzene rings is 2. The summed E-state index contributed by atoms with van der Waals surface area (Å²) in [6.45, 7) is 0.558. The van der Waals surface area contributed by atoms with Crippen molar-refractivity contribution in [1.82, 2.24) is 4.90 Å². The lowest BCUT2D eigenvalue weighted by Crippen LogP contribution is -2.45. The normalized spacial score (nSPS) is 16.4. The molecule has 0 unspecified atom stereocenters. The lowest BCUT2D eigenvalue weighted by molar-refractivity contribution is -0.119. The van der Waals surface area contributed by atoms with Crippen LogP contribution in [-0.4, -0.2) is 36.5 Å². The summed E-state index contributed by atoms with van der Waals surface area (Å²) in [5, 5.41) is 5.70. The number of carbonyl (C=O) groups is 2. The van der Waals surface area contributed by atoms with Crippen molar-refractivity contribution >= 4 is 23.3 Å². The zero-order chi connectivity index (χ0) is 17.6. The molecule has 6 heteroatoms. The number of ether oxygens (including phenoxy) is 1. The largest absolute Gasteiger partial charge is 0.495 e. The van der Waals surface area contributed by atoms with E-state index in [-0.39, 0.29) is 11.9 Å². The molecule has 0 bridgehead atoms. The van der Waals surface area contributed by atoms with Crippen molar-refractivity contribution in [1.29, 1.82) is 0 Å². The molecular weight excluding hydrogens is 318 g/mol. The van der Waals surface area contributed by atoms with Gasteiger partial charge in [0.05, 0.1) is 12.8 Å². The van der Waals surface area contributed by atoms with Crippen molar-refractivity contribution in [2.75, 3.05) is 24.3 Å². The number of urea groups is 1. The van der Waals surface area contributed by atoms with E-state index in [9.17, 15) is 9.59 Å². The van der Waals surface area contributed by atoms with Gasteiger partial charge in [-0.15, -0.1) is 0 Å². The van der Waals surface area contributed by atoms with Gasteiger partial charge >= 0.3 is 6.03 Å². The number of likely N-dealkylation sites (tertiary alicyclic amines) is 1. The van der Waals surface area contributed by atoms with Crippen LogP contribution in [0.1, 0.15) is 12.8 Å². The molecule has 2 aromatic rings. The molecule has 25 heavy (non-hydrogen) atoms. The number of hydrogen-bond acceptors (Lipinski definition) is 3. The molecule has 130 valence electrons. The third kappa shape index (κ3) is 3.91. The molecule has 6 nitrogen and oxygen atoms in total. The molecule has 0 saturated carbocycles. The zero-order valence-corrected chi connectivity index (χ0v) is 14.1. The van der Waals surface area contributed by atoms with Gasteiger partial charge in [0.15, 0.2) is 0 Å². The Morgan fingerprint density at radius 3 is 2.52 bits per heavy atom. The van der Waals surface area contributed by atoms with Crippen LogP contribution in [0.15, 0.2) is 54.6 Å². The van der Waals surface area contributed by atoms with Crippen molar-refractivity contribution in [3.63, 3.8) is 0 Å². The lowest BCUT2D eigenvalue weighted by atomic mass is 10.2. The van der Waals surface area contributed by atoms with E-state index in [2.05, 4.69) is 10.6 Å². The maximum Gasteiger partial charge on any atom is 0.322 e. The second-order valence-electron chi connectivity index (χ2n) is 5.84. The van der Waals surface area contributed by atoms with Crippen LogP contribution in [-0.2, 0) is 4.79 Å². The fourth-order valence-electron chi connectivity index (χ4n) is 2.96. The molecule has 2 N–H and O–H groups in total. The van der Waals surface area contributed by atoms with Gasteiger partial charge < -0.3 is 20.3 Å². The molecule has 1 fully saturated rings. The minimum absolute atomic E-state index is 0.204. The Bertz CT molecular complexity index is 749. The Labute approximate surface area is 146 Å². The first-order chi connectivity index (χ1) is 12.2. The summed E-state index contributed by atoms with van der Waals surface area (Å²) in [4.78, 5) is 26.8. The average Bonchev–Trinajstić information content (AvgIpc) is 3.13. The Morgan fingerprint density at radius 2 is 1.76 bits per heavy atom. The Hall–Kier alpha value is -3.02. The highest BCUT2D eigenvalue weighted by atomic mass is 16.5. The molecule has 2 aromatic carbocycles. The molecule has 3 amide bonds.